The highest BCUT2D eigenvalue weighted by Gasteiger charge is 2.29. The normalized spacial score (nSPS) is 18.8. The highest BCUT2D eigenvalue weighted by Crippen LogP contribution is 2.19. The Balaban J connectivity index is 2.16. The lowest BCUT2D eigenvalue weighted by molar-refractivity contribution is 0.0891. The monoisotopic (exact) mass is 250 g/mol. The second-order valence-electron chi connectivity index (χ2n) is 4.01. The summed E-state index contributed by atoms with van der Waals surface area (Å²) in [6.07, 6.45) is 1.16. The van der Waals surface area contributed by atoms with E-state index < -0.39 is 6.23 Å². The van der Waals surface area contributed by atoms with Crippen LogP contribution >= 0.6 is 0 Å². The van der Waals surface area contributed by atoms with Gasteiger partial charge in [0, 0.05) is 19.3 Å². The molecule has 0 aromatic heterocycles. The number of ether oxygens (including phenoxy) is 1. The molecule has 0 saturated carbocycles. The number of benzene rings is 1. The van der Waals surface area contributed by atoms with E-state index in [1.165, 1.54) is 17.0 Å². The molecule has 1 aliphatic rings. The third-order valence-corrected chi connectivity index (χ3v) is 2.86. The van der Waals surface area contributed by atoms with E-state index in [0.717, 1.165) is 0 Å². The summed E-state index contributed by atoms with van der Waals surface area (Å²) in [5.74, 6) is -0.370. The Morgan fingerprint density at radius 1 is 1.67 bits per heavy atom. The lowest BCUT2D eigenvalue weighted by Gasteiger charge is -2.26. The SMILES string of the molecule is C=C[C@H]1OCCN1C(=O)N(C)c1cccc(F)c1. The number of carbonyl (C=O) groups excluding carboxylic acids is 1. The second kappa shape index (κ2) is 5.18. The van der Waals surface area contributed by atoms with Crippen LogP contribution in [0.2, 0.25) is 0 Å². The lowest BCUT2D eigenvalue weighted by Crippen LogP contribution is -2.43. The van der Waals surface area contributed by atoms with E-state index in [2.05, 4.69) is 6.58 Å². The largest absolute Gasteiger partial charge is 0.353 e. The van der Waals surface area contributed by atoms with Crippen LogP contribution in [-0.2, 0) is 4.74 Å². The summed E-state index contributed by atoms with van der Waals surface area (Å²) in [7, 11) is 1.61. The number of urea groups is 1. The molecule has 1 aliphatic heterocycles. The maximum absolute atomic E-state index is 13.1. The fourth-order valence-corrected chi connectivity index (χ4v) is 1.88. The van der Waals surface area contributed by atoms with Gasteiger partial charge in [-0.05, 0) is 24.3 Å². The molecule has 18 heavy (non-hydrogen) atoms. The number of hydrogen-bond acceptors (Lipinski definition) is 2. The minimum Gasteiger partial charge on any atom is -0.353 e. The van der Waals surface area contributed by atoms with Crippen LogP contribution < -0.4 is 4.90 Å². The molecule has 1 saturated heterocycles. The molecule has 1 fully saturated rings. The summed E-state index contributed by atoms with van der Waals surface area (Å²) in [6, 6.07) is 5.68. The van der Waals surface area contributed by atoms with Gasteiger partial charge in [0.25, 0.3) is 0 Å². The Bertz CT molecular complexity index is 464. The van der Waals surface area contributed by atoms with Crippen molar-refractivity contribution in [2.24, 2.45) is 0 Å². The number of hydrogen-bond donors (Lipinski definition) is 0. The molecule has 0 radical (unpaired) electrons. The van der Waals surface area contributed by atoms with Crippen molar-refractivity contribution in [3.05, 3.63) is 42.7 Å². The molecule has 0 spiro atoms. The molecule has 96 valence electrons. The Morgan fingerprint density at radius 3 is 3.11 bits per heavy atom. The van der Waals surface area contributed by atoms with Gasteiger partial charge in [-0.25, -0.2) is 9.18 Å². The summed E-state index contributed by atoms with van der Waals surface area (Å²) in [4.78, 5) is 15.2. The number of rotatable bonds is 2. The van der Waals surface area contributed by atoms with E-state index in [1.807, 2.05) is 0 Å². The van der Waals surface area contributed by atoms with Gasteiger partial charge < -0.3 is 4.74 Å². The van der Waals surface area contributed by atoms with Gasteiger partial charge in [-0.1, -0.05) is 12.6 Å². The van der Waals surface area contributed by atoms with E-state index >= 15 is 0 Å². The standard InChI is InChI=1S/C13H15FN2O2/c1-3-12-16(7-8-18-12)13(17)15(2)11-6-4-5-10(14)9-11/h3-6,9,12H,1,7-8H2,2H3/t12-/m1/s1. The highest BCUT2D eigenvalue weighted by atomic mass is 19.1. The maximum atomic E-state index is 13.1. The third-order valence-electron chi connectivity index (χ3n) is 2.86. The molecule has 4 nitrogen and oxygen atoms in total. The fourth-order valence-electron chi connectivity index (χ4n) is 1.88. The van der Waals surface area contributed by atoms with E-state index in [4.69, 9.17) is 4.74 Å². The zero-order valence-corrected chi connectivity index (χ0v) is 10.2. The van der Waals surface area contributed by atoms with Gasteiger partial charge >= 0.3 is 6.03 Å². The quantitative estimate of drug-likeness (QED) is 0.754. The predicted molar refractivity (Wildman–Crippen MR) is 66.8 cm³/mol. The first-order valence-corrected chi connectivity index (χ1v) is 5.67. The number of nitrogens with zero attached hydrogens (tertiary/aromatic N) is 2. The number of carbonyl (C=O) groups is 1. The van der Waals surface area contributed by atoms with Crippen molar-refractivity contribution in [3.8, 4) is 0 Å². The minimum atomic E-state index is -0.409. The average Bonchev–Trinajstić information content (AvgIpc) is 2.85. The molecule has 1 aromatic carbocycles. The first kappa shape index (κ1) is 12.6. The van der Waals surface area contributed by atoms with Crippen molar-refractivity contribution in [1.82, 2.24) is 4.90 Å². The lowest BCUT2D eigenvalue weighted by atomic mass is 10.3. The molecule has 0 N–H and O–H groups in total. The first-order chi connectivity index (χ1) is 8.63. The number of amides is 2. The Kier molecular flexibility index (Phi) is 3.62. The van der Waals surface area contributed by atoms with Crippen molar-refractivity contribution >= 4 is 11.7 Å². The molecule has 5 heteroatoms. The average molecular weight is 250 g/mol. The van der Waals surface area contributed by atoms with Crippen molar-refractivity contribution in [2.75, 3.05) is 25.1 Å². The van der Waals surface area contributed by atoms with Gasteiger partial charge in [-0.2, -0.15) is 0 Å². The molecule has 2 amide bonds. The van der Waals surface area contributed by atoms with Gasteiger partial charge in [-0.15, -0.1) is 0 Å². The van der Waals surface area contributed by atoms with Crippen LogP contribution in [0, 0.1) is 5.82 Å². The second-order valence-corrected chi connectivity index (χ2v) is 4.01. The molecular formula is C13H15FN2O2. The molecule has 1 aromatic rings. The van der Waals surface area contributed by atoms with Crippen LogP contribution in [0.4, 0.5) is 14.9 Å². The fraction of sp³-hybridized carbons (Fsp3) is 0.308. The van der Waals surface area contributed by atoms with Gasteiger partial charge in [0.2, 0.25) is 0 Å². The van der Waals surface area contributed by atoms with Crippen LogP contribution in [0.5, 0.6) is 0 Å². The van der Waals surface area contributed by atoms with Crippen LogP contribution in [0.25, 0.3) is 0 Å². The van der Waals surface area contributed by atoms with Crippen molar-refractivity contribution in [3.63, 3.8) is 0 Å². The summed E-state index contributed by atoms with van der Waals surface area (Å²) in [5.41, 5.74) is 0.509. The molecule has 1 heterocycles. The number of halogens is 1. The summed E-state index contributed by atoms with van der Waals surface area (Å²) < 4.78 is 18.5. The van der Waals surface area contributed by atoms with Gasteiger partial charge in [0.05, 0.1) is 6.61 Å². The molecular weight excluding hydrogens is 235 g/mol. The highest BCUT2D eigenvalue weighted by molar-refractivity contribution is 5.91. The summed E-state index contributed by atoms with van der Waals surface area (Å²) in [6.45, 7) is 4.62. The van der Waals surface area contributed by atoms with Crippen molar-refractivity contribution < 1.29 is 13.9 Å². The molecule has 0 unspecified atom stereocenters. The maximum Gasteiger partial charge on any atom is 0.326 e. The molecule has 2 rings (SSSR count). The van der Waals surface area contributed by atoms with Crippen LogP contribution in [0.3, 0.4) is 0 Å². The van der Waals surface area contributed by atoms with Crippen LogP contribution in [0.1, 0.15) is 0 Å². The Hall–Kier alpha value is -1.88. The van der Waals surface area contributed by atoms with Gasteiger partial charge in [0.15, 0.2) is 6.23 Å². The predicted octanol–water partition coefficient (Wildman–Crippen LogP) is 2.23. The van der Waals surface area contributed by atoms with E-state index in [0.29, 0.717) is 18.8 Å². The number of anilines is 1. The molecule has 0 aliphatic carbocycles. The molecule has 1 atom stereocenters. The first-order valence-electron chi connectivity index (χ1n) is 5.67. The minimum absolute atomic E-state index is 0.233. The summed E-state index contributed by atoms with van der Waals surface area (Å²) in [5, 5.41) is 0. The summed E-state index contributed by atoms with van der Waals surface area (Å²) >= 11 is 0. The Morgan fingerprint density at radius 2 is 2.44 bits per heavy atom. The Labute approximate surface area is 105 Å². The van der Waals surface area contributed by atoms with E-state index in [-0.39, 0.29) is 11.8 Å². The smallest absolute Gasteiger partial charge is 0.326 e. The topological polar surface area (TPSA) is 32.8 Å². The van der Waals surface area contributed by atoms with E-state index in [1.54, 1.807) is 30.2 Å². The molecule has 0 bridgehead atoms. The zero-order chi connectivity index (χ0) is 13.1. The van der Waals surface area contributed by atoms with Crippen molar-refractivity contribution in [2.45, 2.75) is 6.23 Å². The third kappa shape index (κ3) is 2.36. The van der Waals surface area contributed by atoms with Gasteiger partial charge in [-0.3, -0.25) is 9.80 Å². The zero-order valence-electron chi connectivity index (χ0n) is 10.2. The van der Waals surface area contributed by atoms with Crippen molar-refractivity contribution in [1.29, 1.82) is 0 Å². The van der Waals surface area contributed by atoms with E-state index in [9.17, 15) is 9.18 Å². The van der Waals surface area contributed by atoms with Crippen LogP contribution in [0.15, 0.2) is 36.9 Å². The van der Waals surface area contributed by atoms with Crippen LogP contribution in [-0.4, -0.2) is 37.4 Å². The van der Waals surface area contributed by atoms with Gasteiger partial charge in [0.1, 0.15) is 5.82 Å².